The summed E-state index contributed by atoms with van der Waals surface area (Å²) in [7, 11) is 0. The van der Waals surface area contributed by atoms with Gasteiger partial charge in [0.25, 0.3) is 0 Å². The van der Waals surface area contributed by atoms with Crippen molar-refractivity contribution >= 4 is 11.9 Å². The van der Waals surface area contributed by atoms with Gasteiger partial charge >= 0.3 is 11.9 Å². The zero-order valence-electron chi connectivity index (χ0n) is 21.6. The molecule has 0 aliphatic heterocycles. The van der Waals surface area contributed by atoms with Gasteiger partial charge in [0.05, 0.1) is 18.9 Å². The largest absolute Gasteiger partial charge is 0.494 e. The van der Waals surface area contributed by atoms with Gasteiger partial charge in [-0.2, -0.15) is 0 Å². The van der Waals surface area contributed by atoms with Gasteiger partial charge in [-0.25, -0.2) is 0 Å². The molecule has 0 saturated heterocycles. The maximum Gasteiger partial charge on any atom is 0.313 e. The van der Waals surface area contributed by atoms with E-state index in [-0.39, 0.29) is 18.4 Å². The first kappa shape index (κ1) is 28.4. The summed E-state index contributed by atoms with van der Waals surface area (Å²) in [5.74, 6) is -0.781. The van der Waals surface area contributed by atoms with Gasteiger partial charge in [0.1, 0.15) is 11.4 Å². The Morgan fingerprint density at radius 1 is 0.971 bits per heavy atom. The van der Waals surface area contributed by atoms with Crippen LogP contribution in [0.25, 0.3) is 0 Å². The number of unbranched alkanes of at least 4 members (excludes halogenated alkanes) is 2. The van der Waals surface area contributed by atoms with Crippen molar-refractivity contribution in [3.05, 3.63) is 65.7 Å². The average Bonchev–Trinajstić information content (AvgIpc) is 2.78. The predicted molar refractivity (Wildman–Crippen MR) is 139 cm³/mol. The molecule has 0 aliphatic rings. The van der Waals surface area contributed by atoms with Gasteiger partial charge in [-0.3, -0.25) is 9.59 Å². The highest BCUT2D eigenvalue weighted by Crippen LogP contribution is 2.26. The molecule has 2 unspecified atom stereocenters. The Hall–Kier alpha value is -2.86. The third-order valence-corrected chi connectivity index (χ3v) is 5.60. The Morgan fingerprint density at radius 3 is 2.29 bits per heavy atom. The molecule has 2 N–H and O–H groups in total. The highest BCUT2D eigenvalue weighted by Gasteiger charge is 2.26. The lowest BCUT2D eigenvalue weighted by molar-refractivity contribution is -0.157. The Labute approximate surface area is 210 Å². The molecule has 2 atom stereocenters. The van der Waals surface area contributed by atoms with Crippen LogP contribution in [0.3, 0.4) is 0 Å². The minimum absolute atomic E-state index is 0.0371. The van der Waals surface area contributed by atoms with Crippen molar-refractivity contribution in [1.82, 2.24) is 5.32 Å². The summed E-state index contributed by atoms with van der Waals surface area (Å²) in [5, 5.41) is 12.1. The molecule has 2 rings (SSSR count). The minimum Gasteiger partial charge on any atom is -0.494 e. The fraction of sp³-hybridized carbons (Fsp3) is 0.517. The van der Waals surface area contributed by atoms with Gasteiger partial charge in [-0.15, -0.1) is 0 Å². The van der Waals surface area contributed by atoms with Crippen LogP contribution in [0.15, 0.2) is 54.6 Å². The van der Waals surface area contributed by atoms with E-state index in [1.165, 1.54) is 5.56 Å². The number of aliphatic carboxylic acids is 1. The van der Waals surface area contributed by atoms with Gasteiger partial charge < -0.3 is 19.9 Å². The van der Waals surface area contributed by atoms with Crippen LogP contribution in [0.4, 0.5) is 0 Å². The molecule has 0 amide bonds. The van der Waals surface area contributed by atoms with Crippen molar-refractivity contribution < 1.29 is 24.2 Å². The number of ether oxygens (including phenoxy) is 2. The van der Waals surface area contributed by atoms with E-state index in [4.69, 9.17) is 14.6 Å². The first-order valence-electron chi connectivity index (χ1n) is 12.6. The molecule has 0 spiro atoms. The average molecular weight is 484 g/mol. The molecule has 192 valence electrons. The van der Waals surface area contributed by atoms with Crippen molar-refractivity contribution in [1.29, 1.82) is 0 Å². The highest BCUT2D eigenvalue weighted by molar-refractivity contribution is 5.78. The van der Waals surface area contributed by atoms with Crippen LogP contribution in [0.2, 0.25) is 0 Å². The van der Waals surface area contributed by atoms with E-state index in [1.54, 1.807) is 0 Å². The van der Waals surface area contributed by atoms with Crippen LogP contribution in [0.1, 0.15) is 76.8 Å². The summed E-state index contributed by atoms with van der Waals surface area (Å²) in [5.41, 5.74) is 1.65. The Kier molecular flexibility index (Phi) is 11.8. The number of aryl methyl sites for hydroxylation is 1. The second-order valence-electron chi connectivity index (χ2n) is 10.0. The number of carbonyl (C=O) groups excluding carboxylic acids is 1. The van der Waals surface area contributed by atoms with E-state index < -0.39 is 17.5 Å². The summed E-state index contributed by atoms with van der Waals surface area (Å²) in [4.78, 5) is 23.8. The smallest absolute Gasteiger partial charge is 0.313 e. The lowest BCUT2D eigenvalue weighted by Crippen LogP contribution is -2.33. The lowest BCUT2D eigenvalue weighted by atomic mass is 9.95. The summed E-state index contributed by atoms with van der Waals surface area (Å²) in [6.07, 6.45) is 4.89. The molecule has 0 aliphatic carbocycles. The topological polar surface area (TPSA) is 84.9 Å². The molecule has 0 fully saturated rings. The predicted octanol–water partition coefficient (Wildman–Crippen LogP) is 5.75. The Bertz CT molecular complexity index is 890. The molecule has 6 heteroatoms. The molecule has 2 aromatic carbocycles. The summed E-state index contributed by atoms with van der Waals surface area (Å²) >= 11 is 0. The molecular weight excluding hydrogens is 442 g/mol. The van der Waals surface area contributed by atoms with Crippen molar-refractivity contribution in [2.24, 2.45) is 0 Å². The van der Waals surface area contributed by atoms with Crippen LogP contribution < -0.4 is 10.1 Å². The van der Waals surface area contributed by atoms with Crippen molar-refractivity contribution in [3.63, 3.8) is 0 Å². The Morgan fingerprint density at radius 2 is 1.66 bits per heavy atom. The van der Waals surface area contributed by atoms with E-state index in [0.717, 1.165) is 37.0 Å². The second kappa shape index (κ2) is 14.5. The lowest BCUT2D eigenvalue weighted by Gasteiger charge is -2.25. The molecular formula is C29H41NO5. The van der Waals surface area contributed by atoms with E-state index in [9.17, 15) is 9.59 Å². The summed E-state index contributed by atoms with van der Waals surface area (Å²) < 4.78 is 11.5. The van der Waals surface area contributed by atoms with Gasteiger partial charge in [0.15, 0.2) is 0 Å². The van der Waals surface area contributed by atoms with Crippen molar-refractivity contribution in [2.75, 3.05) is 13.2 Å². The standard InChI is InChI=1S/C29H41NO5/c1-22(21-27(31)32)30-19-18-26(28(33)35-29(2,3)4)24-14-16-25(17-15-24)34-20-10-6-9-13-23-11-7-5-8-12-23/h5,7-8,11-12,14-17,22,26,30H,6,9-10,13,18-21H2,1-4H3,(H,31,32). The number of carboxylic acid groups (broad SMARTS) is 1. The first-order valence-corrected chi connectivity index (χ1v) is 12.6. The Balaban J connectivity index is 1.85. The van der Waals surface area contributed by atoms with E-state index in [0.29, 0.717) is 19.6 Å². The number of esters is 1. The maximum atomic E-state index is 12.9. The highest BCUT2D eigenvalue weighted by atomic mass is 16.6. The van der Waals surface area contributed by atoms with Crippen LogP contribution in [-0.2, 0) is 20.7 Å². The van der Waals surface area contributed by atoms with E-state index in [2.05, 4.69) is 29.6 Å². The summed E-state index contributed by atoms with van der Waals surface area (Å²) in [6, 6.07) is 18.0. The zero-order chi connectivity index (χ0) is 25.7. The molecule has 6 nitrogen and oxygen atoms in total. The fourth-order valence-corrected chi connectivity index (χ4v) is 3.84. The number of nitrogens with one attached hydrogen (secondary N) is 1. The van der Waals surface area contributed by atoms with E-state index >= 15 is 0 Å². The number of carbonyl (C=O) groups is 2. The number of hydrogen-bond acceptors (Lipinski definition) is 5. The third-order valence-electron chi connectivity index (χ3n) is 5.60. The van der Waals surface area contributed by atoms with Crippen LogP contribution in [0, 0.1) is 0 Å². The van der Waals surface area contributed by atoms with E-state index in [1.807, 2.05) is 58.0 Å². The van der Waals surface area contributed by atoms with Gasteiger partial charge in [-0.05, 0) is 89.6 Å². The van der Waals surface area contributed by atoms with Crippen LogP contribution >= 0.6 is 0 Å². The summed E-state index contributed by atoms with van der Waals surface area (Å²) in [6.45, 7) is 8.56. The number of rotatable bonds is 15. The first-order chi connectivity index (χ1) is 16.6. The quantitative estimate of drug-likeness (QED) is 0.248. The van der Waals surface area contributed by atoms with Crippen LogP contribution in [0.5, 0.6) is 5.75 Å². The number of hydrogen-bond donors (Lipinski definition) is 2. The molecule has 0 bridgehead atoms. The normalized spacial score (nSPS) is 13.1. The van der Waals surface area contributed by atoms with Gasteiger partial charge in [-0.1, -0.05) is 42.5 Å². The zero-order valence-corrected chi connectivity index (χ0v) is 21.6. The molecule has 2 aromatic rings. The molecule has 0 radical (unpaired) electrons. The van der Waals surface area contributed by atoms with Crippen LogP contribution in [-0.4, -0.2) is 41.8 Å². The molecule has 35 heavy (non-hydrogen) atoms. The van der Waals surface area contributed by atoms with Crippen molar-refractivity contribution in [3.8, 4) is 5.75 Å². The molecule has 0 saturated carbocycles. The molecule has 0 aromatic heterocycles. The number of benzene rings is 2. The monoisotopic (exact) mass is 483 g/mol. The van der Waals surface area contributed by atoms with Crippen molar-refractivity contribution in [2.45, 2.75) is 83.8 Å². The van der Waals surface area contributed by atoms with Gasteiger partial charge in [0, 0.05) is 6.04 Å². The SMILES string of the molecule is CC(CC(=O)O)NCCC(C(=O)OC(C)(C)C)c1ccc(OCCCCCc2ccccc2)cc1. The maximum absolute atomic E-state index is 12.9. The minimum atomic E-state index is -0.847. The third kappa shape index (κ3) is 11.9. The fourth-order valence-electron chi connectivity index (χ4n) is 3.84. The molecule has 0 heterocycles. The number of carboxylic acids is 1. The van der Waals surface area contributed by atoms with Gasteiger partial charge in [0.2, 0.25) is 0 Å². The second-order valence-corrected chi connectivity index (χ2v) is 10.0.